The number of halogens is 1. The molecule has 1 heterocycles. The van der Waals surface area contributed by atoms with E-state index in [0.717, 1.165) is 34.5 Å². The molecule has 0 aliphatic heterocycles. The van der Waals surface area contributed by atoms with Gasteiger partial charge in [0.2, 0.25) is 15.9 Å². The monoisotopic (exact) mass is 600 g/mol. The Balaban J connectivity index is 1.36. The van der Waals surface area contributed by atoms with Crippen LogP contribution in [0.2, 0.25) is 0 Å². The molecule has 0 spiro atoms. The zero-order chi connectivity index (χ0) is 30.5. The first kappa shape index (κ1) is 29.3. The van der Waals surface area contributed by atoms with Crippen molar-refractivity contribution in [2.75, 3.05) is 4.90 Å². The van der Waals surface area contributed by atoms with Crippen LogP contribution in [0.3, 0.4) is 0 Å². The Labute approximate surface area is 252 Å². The van der Waals surface area contributed by atoms with Gasteiger partial charge in [0.25, 0.3) is 0 Å². The molecule has 0 bridgehead atoms. The molecule has 3 aromatic carbocycles. The first-order valence-corrected chi connectivity index (χ1v) is 16.2. The summed E-state index contributed by atoms with van der Waals surface area (Å²) >= 11 is 0. The van der Waals surface area contributed by atoms with Gasteiger partial charge in [0.05, 0.1) is 11.4 Å². The van der Waals surface area contributed by atoms with E-state index in [9.17, 15) is 17.6 Å². The van der Waals surface area contributed by atoms with Crippen LogP contribution in [0.4, 0.5) is 10.1 Å². The van der Waals surface area contributed by atoms with Crippen LogP contribution in [0.5, 0.6) is 0 Å². The molecule has 0 unspecified atom stereocenters. The van der Waals surface area contributed by atoms with E-state index in [1.165, 1.54) is 12.1 Å². The molecule has 1 aromatic heterocycles. The zero-order valence-electron chi connectivity index (χ0n) is 24.9. The van der Waals surface area contributed by atoms with E-state index in [1.807, 2.05) is 49.0 Å². The number of benzene rings is 3. The lowest BCUT2D eigenvalue weighted by Crippen LogP contribution is -2.37. The minimum Gasteiger partial charge on any atom is -0.337 e. The van der Waals surface area contributed by atoms with E-state index >= 15 is 0 Å². The van der Waals surface area contributed by atoms with Crippen molar-refractivity contribution in [2.24, 2.45) is 13.0 Å². The average molecular weight is 601 g/mol. The van der Waals surface area contributed by atoms with Gasteiger partial charge in [0, 0.05) is 37.1 Å². The summed E-state index contributed by atoms with van der Waals surface area (Å²) in [4.78, 5) is 20.6. The van der Waals surface area contributed by atoms with Gasteiger partial charge < -0.3 is 9.47 Å². The lowest BCUT2D eigenvalue weighted by Gasteiger charge is -2.38. The van der Waals surface area contributed by atoms with Crippen LogP contribution in [0.15, 0.2) is 84.0 Å². The molecule has 4 aromatic rings. The number of imidazole rings is 1. The average Bonchev–Trinajstić information content (AvgIpc) is 3.67. The molecular formula is C34H37FN4O3S. The van der Waals surface area contributed by atoms with Crippen molar-refractivity contribution in [3.63, 3.8) is 0 Å². The molecular weight excluding hydrogens is 563 g/mol. The van der Waals surface area contributed by atoms with E-state index in [2.05, 4.69) is 23.6 Å². The molecule has 9 heteroatoms. The number of amides is 1. The third-order valence-electron chi connectivity index (χ3n) is 9.00. The molecule has 1 fully saturated rings. The molecule has 2 aliphatic carbocycles. The number of sulfonamides is 1. The molecule has 43 heavy (non-hydrogen) atoms. The molecule has 7 nitrogen and oxygen atoms in total. The number of carbonyl (C=O) groups excluding carboxylic acids is 1. The maximum absolute atomic E-state index is 14.1. The lowest BCUT2D eigenvalue weighted by molar-refractivity contribution is -0.120. The number of anilines is 1. The van der Waals surface area contributed by atoms with Crippen molar-refractivity contribution in [3.8, 4) is 0 Å². The van der Waals surface area contributed by atoms with Crippen LogP contribution in [-0.2, 0) is 33.8 Å². The topological polar surface area (TPSA) is 84.3 Å². The van der Waals surface area contributed by atoms with Crippen LogP contribution < -0.4 is 9.62 Å². The Morgan fingerprint density at radius 2 is 1.88 bits per heavy atom. The van der Waals surface area contributed by atoms with Gasteiger partial charge in [-0.05, 0) is 96.2 Å². The van der Waals surface area contributed by atoms with Crippen molar-refractivity contribution < 1.29 is 17.6 Å². The van der Waals surface area contributed by atoms with E-state index in [-0.39, 0.29) is 40.4 Å². The van der Waals surface area contributed by atoms with Gasteiger partial charge >= 0.3 is 0 Å². The second kappa shape index (κ2) is 11.0. The van der Waals surface area contributed by atoms with Gasteiger partial charge in [-0.1, -0.05) is 44.2 Å². The summed E-state index contributed by atoms with van der Waals surface area (Å²) in [6.07, 6.45) is 5.71. The highest BCUT2D eigenvalue weighted by Gasteiger charge is 2.46. The standard InChI is InChI=1S/C34H37FN4O3S/c1-22-6-5-7-26(18-22)43(41,42)37-31-14-15-34(2,3)30-13-12-25(19-29(30)31)39(21-32-36-16-17-38(32)4)33(40)28-20-27(28)23-8-10-24(35)11-9-23/h5-13,16-19,27-28,31,37H,14-15,20-21H2,1-4H3/t27-,28+,31-/m1/s1. The third kappa shape index (κ3) is 5.88. The summed E-state index contributed by atoms with van der Waals surface area (Å²) in [6, 6.07) is 18.8. The molecule has 1 amide bonds. The molecule has 3 atom stereocenters. The summed E-state index contributed by atoms with van der Waals surface area (Å²) in [7, 11) is -1.88. The molecule has 1 saturated carbocycles. The van der Waals surface area contributed by atoms with Gasteiger partial charge in [-0.2, -0.15) is 0 Å². The van der Waals surface area contributed by atoms with Crippen LogP contribution in [0.1, 0.15) is 73.1 Å². The first-order valence-electron chi connectivity index (χ1n) is 14.7. The van der Waals surface area contributed by atoms with Crippen LogP contribution >= 0.6 is 0 Å². The molecule has 0 saturated heterocycles. The number of hydrogen-bond acceptors (Lipinski definition) is 4. The van der Waals surface area contributed by atoms with Crippen molar-refractivity contribution in [1.82, 2.24) is 14.3 Å². The SMILES string of the molecule is Cc1cccc(S(=O)(=O)N[C@@H]2CCC(C)(C)c3ccc(N(Cc4nccn4C)C(=O)[C@H]4C[C@@H]4c4ccc(F)cc4)cc32)c1. The summed E-state index contributed by atoms with van der Waals surface area (Å²) < 4.78 is 45.4. The minimum atomic E-state index is -3.77. The highest BCUT2D eigenvalue weighted by atomic mass is 32.2. The van der Waals surface area contributed by atoms with Crippen LogP contribution in [0, 0.1) is 18.7 Å². The third-order valence-corrected chi connectivity index (χ3v) is 10.5. The Morgan fingerprint density at radius 3 is 2.58 bits per heavy atom. The van der Waals surface area contributed by atoms with Crippen molar-refractivity contribution in [1.29, 1.82) is 0 Å². The zero-order valence-corrected chi connectivity index (χ0v) is 25.7. The first-order chi connectivity index (χ1) is 20.4. The highest BCUT2D eigenvalue weighted by molar-refractivity contribution is 7.89. The number of nitrogens with zero attached hydrogens (tertiary/aromatic N) is 3. The fraction of sp³-hybridized carbons (Fsp3) is 0.353. The summed E-state index contributed by atoms with van der Waals surface area (Å²) in [5, 5.41) is 0. The van der Waals surface area contributed by atoms with Gasteiger partial charge in [-0.15, -0.1) is 0 Å². The Kier molecular flexibility index (Phi) is 7.50. The summed E-state index contributed by atoms with van der Waals surface area (Å²) in [5.74, 6) is 0.218. The maximum atomic E-state index is 14.1. The smallest absolute Gasteiger partial charge is 0.241 e. The maximum Gasteiger partial charge on any atom is 0.241 e. The molecule has 6 rings (SSSR count). The number of carbonyl (C=O) groups is 1. The normalized spacial score (nSPS) is 20.8. The minimum absolute atomic E-state index is 0.0239. The van der Waals surface area contributed by atoms with E-state index < -0.39 is 16.1 Å². The second-order valence-corrected chi connectivity index (χ2v) is 14.3. The van der Waals surface area contributed by atoms with Crippen molar-refractivity contribution in [3.05, 3.63) is 113 Å². The Bertz CT molecular complexity index is 1780. The van der Waals surface area contributed by atoms with Gasteiger partial charge in [-0.3, -0.25) is 4.79 Å². The summed E-state index contributed by atoms with van der Waals surface area (Å²) in [5.41, 5.74) is 4.33. The number of hydrogen-bond donors (Lipinski definition) is 1. The number of rotatable bonds is 8. The Hall–Kier alpha value is -3.82. The largest absolute Gasteiger partial charge is 0.337 e. The van der Waals surface area contributed by atoms with Gasteiger partial charge in [0.15, 0.2) is 0 Å². The summed E-state index contributed by atoms with van der Waals surface area (Å²) in [6.45, 7) is 6.49. The van der Waals surface area contributed by atoms with Crippen LogP contribution in [0.25, 0.3) is 0 Å². The Morgan fingerprint density at radius 1 is 1.12 bits per heavy atom. The molecule has 2 aliphatic rings. The van der Waals surface area contributed by atoms with Crippen molar-refractivity contribution >= 4 is 21.6 Å². The highest BCUT2D eigenvalue weighted by Crippen LogP contribution is 2.50. The molecule has 224 valence electrons. The fourth-order valence-electron chi connectivity index (χ4n) is 6.31. The number of nitrogens with one attached hydrogen (secondary N) is 1. The number of aromatic nitrogens is 2. The fourth-order valence-corrected chi connectivity index (χ4v) is 7.67. The van der Waals surface area contributed by atoms with Crippen molar-refractivity contribution in [2.45, 2.75) is 68.8 Å². The second-order valence-electron chi connectivity index (χ2n) is 12.6. The van der Waals surface area contributed by atoms with Gasteiger partial charge in [-0.25, -0.2) is 22.5 Å². The number of fused-ring (bicyclic) bond motifs is 1. The predicted octanol–water partition coefficient (Wildman–Crippen LogP) is 6.30. The predicted molar refractivity (Wildman–Crippen MR) is 165 cm³/mol. The quantitative estimate of drug-likeness (QED) is 0.258. The van der Waals surface area contributed by atoms with Gasteiger partial charge in [0.1, 0.15) is 11.6 Å². The van der Waals surface area contributed by atoms with E-state index in [1.54, 1.807) is 41.4 Å². The molecule has 0 radical (unpaired) electrons. The number of aryl methyl sites for hydroxylation is 2. The van der Waals surface area contributed by atoms with E-state index in [4.69, 9.17) is 0 Å². The van der Waals surface area contributed by atoms with Crippen LogP contribution in [-0.4, -0.2) is 23.9 Å². The lowest BCUT2D eigenvalue weighted by atomic mass is 9.71. The van der Waals surface area contributed by atoms with E-state index in [0.29, 0.717) is 18.5 Å². The molecule has 1 N–H and O–H groups in total.